The van der Waals surface area contributed by atoms with Gasteiger partial charge in [-0.15, -0.1) is 10.2 Å². The molecule has 2 aromatic heterocycles. The summed E-state index contributed by atoms with van der Waals surface area (Å²) < 4.78 is 2.13. The van der Waals surface area contributed by atoms with E-state index < -0.39 is 0 Å². The second-order valence-electron chi connectivity index (χ2n) is 5.93. The van der Waals surface area contributed by atoms with E-state index in [1.165, 1.54) is 38.5 Å². The van der Waals surface area contributed by atoms with Crippen molar-refractivity contribution in [2.45, 2.75) is 50.6 Å². The fourth-order valence-corrected chi connectivity index (χ4v) is 3.80. The third-order valence-electron chi connectivity index (χ3n) is 4.80. The van der Waals surface area contributed by atoms with Gasteiger partial charge in [0.2, 0.25) is 0 Å². The highest BCUT2D eigenvalue weighted by Gasteiger charge is 2.33. The molecule has 0 aromatic carbocycles. The normalized spacial score (nSPS) is 31.3. The van der Waals surface area contributed by atoms with Crippen molar-refractivity contribution < 1.29 is 0 Å². The van der Waals surface area contributed by atoms with Crippen molar-refractivity contribution in [2.75, 3.05) is 0 Å². The van der Waals surface area contributed by atoms with Crippen molar-refractivity contribution in [3.8, 4) is 0 Å². The minimum absolute atomic E-state index is 0.372. The summed E-state index contributed by atoms with van der Waals surface area (Å²) in [5.41, 5.74) is 0.949. The van der Waals surface area contributed by atoms with Crippen molar-refractivity contribution >= 4 is 5.65 Å². The molecule has 1 aliphatic heterocycles. The maximum atomic E-state index is 4.41. The molecule has 2 fully saturated rings. The third-order valence-corrected chi connectivity index (χ3v) is 4.80. The Morgan fingerprint density at radius 3 is 3.00 bits per heavy atom. The molecule has 2 aromatic rings. The number of hydrogen-bond acceptors (Lipinski definition) is 3. The summed E-state index contributed by atoms with van der Waals surface area (Å²) in [6, 6.07) is 7.15. The van der Waals surface area contributed by atoms with E-state index in [9.17, 15) is 0 Å². The maximum Gasteiger partial charge on any atom is 0.160 e. The van der Waals surface area contributed by atoms with Crippen LogP contribution in [-0.2, 0) is 0 Å². The van der Waals surface area contributed by atoms with Gasteiger partial charge in [-0.05, 0) is 43.7 Å². The van der Waals surface area contributed by atoms with Gasteiger partial charge in [-0.25, -0.2) is 0 Å². The molecule has 0 bridgehead atoms. The van der Waals surface area contributed by atoms with E-state index >= 15 is 0 Å². The number of pyridine rings is 1. The highest BCUT2D eigenvalue weighted by Crippen LogP contribution is 2.36. The Hall–Kier alpha value is -1.42. The van der Waals surface area contributed by atoms with Crippen LogP contribution in [0.2, 0.25) is 0 Å². The lowest BCUT2D eigenvalue weighted by Gasteiger charge is -2.39. The van der Waals surface area contributed by atoms with E-state index in [1.54, 1.807) is 0 Å². The first-order chi connectivity index (χ1) is 9.42. The Kier molecular flexibility index (Phi) is 2.76. The third kappa shape index (κ3) is 1.94. The molecule has 0 radical (unpaired) electrons. The second-order valence-corrected chi connectivity index (χ2v) is 5.93. The van der Waals surface area contributed by atoms with Gasteiger partial charge in [-0.3, -0.25) is 4.40 Å². The SMILES string of the molecule is c1ccn2c(C3CCC4CCCCC4N3)nnc2c1. The van der Waals surface area contributed by atoms with Gasteiger partial charge < -0.3 is 5.32 Å². The van der Waals surface area contributed by atoms with E-state index in [1.807, 2.05) is 18.2 Å². The standard InChI is InChI=1S/C15H20N4/c1-2-6-12-11(5-1)8-9-13(16-12)15-18-17-14-7-3-4-10-19(14)15/h3-4,7,10-13,16H,1-2,5-6,8-9H2. The van der Waals surface area contributed by atoms with Crippen LogP contribution in [0.5, 0.6) is 0 Å². The fourth-order valence-electron chi connectivity index (χ4n) is 3.80. The van der Waals surface area contributed by atoms with Gasteiger partial charge in [-0.2, -0.15) is 0 Å². The number of piperidine rings is 1. The largest absolute Gasteiger partial charge is 0.304 e. The molecule has 4 rings (SSSR count). The summed E-state index contributed by atoms with van der Waals surface area (Å²) >= 11 is 0. The van der Waals surface area contributed by atoms with Crippen LogP contribution in [0, 0.1) is 5.92 Å². The molecule has 3 heterocycles. The van der Waals surface area contributed by atoms with Crippen LogP contribution in [0.25, 0.3) is 5.65 Å². The number of nitrogens with one attached hydrogen (secondary N) is 1. The first-order valence-corrected chi connectivity index (χ1v) is 7.47. The van der Waals surface area contributed by atoms with Gasteiger partial charge >= 0.3 is 0 Å². The first kappa shape index (κ1) is 11.4. The molecular formula is C15H20N4. The smallest absolute Gasteiger partial charge is 0.160 e. The number of rotatable bonds is 1. The molecule has 0 amide bonds. The number of nitrogens with zero attached hydrogens (tertiary/aromatic N) is 3. The summed E-state index contributed by atoms with van der Waals surface area (Å²) in [7, 11) is 0. The number of fused-ring (bicyclic) bond motifs is 2. The summed E-state index contributed by atoms with van der Waals surface area (Å²) in [5.74, 6) is 1.98. The Morgan fingerprint density at radius 2 is 2.00 bits per heavy atom. The Morgan fingerprint density at radius 1 is 1.05 bits per heavy atom. The minimum Gasteiger partial charge on any atom is -0.304 e. The highest BCUT2D eigenvalue weighted by molar-refractivity contribution is 5.37. The average Bonchev–Trinajstić information content (AvgIpc) is 2.91. The van der Waals surface area contributed by atoms with E-state index in [0.29, 0.717) is 12.1 Å². The van der Waals surface area contributed by atoms with Crippen LogP contribution in [0.3, 0.4) is 0 Å². The molecule has 100 valence electrons. The molecule has 4 nitrogen and oxygen atoms in total. The lowest BCUT2D eigenvalue weighted by atomic mass is 9.77. The van der Waals surface area contributed by atoms with Gasteiger partial charge in [0.1, 0.15) is 0 Å². The van der Waals surface area contributed by atoms with Crippen molar-refractivity contribution in [1.29, 1.82) is 0 Å². The average molecular weight is 256 g/mol. The van der Waals surface area contributed by atoms with Crippen molar-refractivity contribution in [3.63, 3.8) is 0 Å². The van der Waals surface area contributed by atoms with Crippen LogP contribution in [0.1, 0.15) is 50.4 Å². The molecule has 1 N–H and O–H groups in total. The Bertz CT molecular complexity index is 576. The summed E-state index contributed by atoms with van der Waals surface area (Å²) in [4.78, 5) is 0. The van der Waals surface area contributed by atoms with Crippen LogP contribution >= 0.6 is 0 Å². The molecule has 4 heteroatoms. The molecule has 3 atom stereocenters. The lowest BCUT2D eigenvalue weighted by molar-refractivity contribution is 0.173. The summed E-state index contributed by atoms with van der Waals surface area (Å²) in [6.45, 7) is 0. The Labute approximate surface area is 113 Å². The molecule has 0 spiro atoms. The maximum absolute atomic E-state index is 4.41. The lowest BCUT2D eigenvalue weighted by Crippen LogP contribution is -2.45. The van der Waals surface area contributed by atoms with Crippen molar-refractivity contribution in [2.24, 2.45) is 5.92 Å². The first-order valence-electron chi connectivity index (χ1n) is 7.47. The Balaban J connectivity index is 1.62. The molecule has 1 aliphatic carbocycles. The van der Waals surface area contributed by atoms with Crippen LogP contribution in [0.15, 0.2) is 24.4 Å². The number of aromatic nitrogens is 3. The zero-order chi connectivity index (χ0) is 12.7. The van der Waals surface area contributed by atoms with Crippen LogP contribution in [0.4, 0.5) is 0 Å². The fraction of sp³-hybridized carbons (Fsp3) is 0.600. The van der Waals surface area contributed by atoms with Gasteiger partial charge in [0, 0.05) is 12.2 Å². The van der Waals surface area contributed by atoms with Gasteiger partial charge in [-0.1, -0.05) is 18.9 Å². The van der Waals surface area contributed by atoms with Gasteiger partial charge in [0.05, 0.1) is 6.04 Å². The monoisotopic (exact) mass is 256 g/mol. The zero-order valence-corrected chi connectivity index (χ0v) is 11.1. The quantitative estimate of drug-likeness (QED) is 0.853. The van der Waals surface area contributed by atoms with E-state index in [0.717, 1.165) is 17.4 Å². The van der Waals surface area contributed by atoms with Crippen molar-refractivity contribution in [1.82, 2.24) is 19.9 Å². The number of hydrogen-bond donors (Lipinski definition) is 1. The molecule has 1 saturated carbocycles. The molecule has 2 aliphatic rings. The molecule has 19 heavy (non-hydrogen) atoms. The molecule has 1 saturated heterocycles. The van der Waals surface area contributed by atoms with Gasteiger partial charge in [0.25, 0.3) is 0 Å². The topological polar surface area (TPSA) is 42.2 Å². The predicted octanol–water partition coefficient (Wildman–Crippen LogP) is 2.71. The van der Waals surface area contributed by atoms with E-state index in [4.69, 9.17) is 0 Å². The van der Waals surface area contributed by atoms with Crippen molar-refractivity contribution in [3.05, 3.63) is 30.2 Å². The predicted molar refractivity (Wildman–Crippen MR) is 73.8 cm³/mol. The summed E-state index contributed by atoms with van der Waals surface area (Å²) in [6.07, 6.45) is 10.1. The van der Waals surface area contributed by atoms with Gasteiger partial charge in [0.15, 0.2) is 11.5 Å². The van der Waals surface area contributed by atoms with Crippen LogP contribution < -0.4 is 5.32 Å². The van der Waals surface area contributed by atoms with E-state index in [2.05, 4.69) is 26.1 Å². The molecule has 3 unspecified atom stereocenters. The second kappa shape index (κ2) is 4.60. The zero-order valence-electron chi connectivity index (χ0n) is 11.1. The van der Waals surface area contributed by atoms with Crippen LogP contribution in [-0.4, -0.2) is 20.6 Å². The summed E-state index contributed by atoms with van der Waals surface area (Å²) in [5, 5.41) is 12.5. The minimum atomic E-state index is 0.372. The molecular weight excluding hydrogens is 236 g/mol. The van der Waals surface area contributed by atoms with E-state index in [-0.39, 0.29) is 0 Å². The highest BCUT2D eigenvalue weighted by atomic mass is 15.3.